The van der Waals surface area contributed by atoms with Crippen LogP contribution < -0.4 is 10.1 Å². The molecule has 1 atom stereocenters. The van der Waals surface area contributed by atoms with Gasteiger partial charge in [-0.2, -0.15) is 0 Å². The number of rotatable bonds is 5. The maximum absolute atomic E-state index is 11.3. The molecular formula is C14H16N2O4. The minimum atomic E-state index is -0.491. The monoisotopic (exact) mass is 276 g/mol. The Labute approximate surface area is 116 Å². The average Bonchev–Trinajstić information content (AvgIpc) is 2.97. The van der Waals surface area contributed by atoms with Crippen LogP contribution in [0.1, 0.15) is 29.3 Å². The summed E-state index contributed by atoms with van der Waals surface area (Å²) >= 11 is 0. The molecule has 0 saturated heterocycles. The van der Waals surface area contributed by atoms with E-state index in [4.69, 9.17) is 9.15 Å². The van der Waals surface area contributed by atoms with Gasteiger partial charge in [0.05, 0.1) is 32.1 Å². The van der Waals surface area contributed by atoms with Crippen LogP contribution in [-0.4, -0.2) is 25.2 Å². The first-order chi connectivity index (χ1) is 9.63. The number of hydrogen-bond acceptors (Lipinski definition) is 6. The Morgan fingerprint density at radius 1 is 1.30 bits per heavy atom. The predicted octanol–water partition coefficient (Wildman–Crippen LogP) is 2.64. The zero-order chi connectivity index (χ0) is 14.5. The summed E-state index contributed by atoms with van der Waals surface area (Å²) in [5, 5.41) is 3.22. The molecule has 0 aromatic carbocycles. The second-order valence-corrected chi connectivity index (χ2v) is 4.15. The van der Waals surface area contributed by atoms with Crippen LogP contribution in [0.15, 0.2) is 34.9 Å². The van der Waals surface area contributed by atoms with Crippen molar-refractivity contribution in [2.24, 2.45) is 0 Å². The second-order valence-electron chi connectivity index (χ2n) is 4.15. The highest BCUT2D eigenvalue weighted by Gasteiger charge is 2.15. The Balaban J connectivity index is 2.05. The van der Waals surface area contributed by atoms with Crippen molar-refractivity contribution in [3.8, 4) is 5.88 Å². The van der Waals surface area contributed by atoms with Gasteiger partial charge >= 0.3 is 5.97 Å². The molecule has 106 valence electrons. The van der Waals surface area contributed by atoms with Gasteiger partial charge in [0.15, 0.2) is 0 Å². The number of nitrogens with one attached hydrogen (secondary N) is 1. The fourth-order valence-corrected chi connectivity index (χ4v) is 1.70. The third-order valence-corrected chi connectivity index (χ3v) is 2.77. The summed E-state index contributed by atoms with van der Waals surface area (Å²) in [6.07, 6.45) is 1.67. The van der Waals surface area contributed by atoms with Gasteiger partial charge in [0.2, 0.25) is 11.6 Å². The highest BCUT2D eigenvalue weighted by molar-refractivity contribution is 5.86. The number of methoxy groups -OCH3 is 2. The molecule has 2 rings (SSSR count). The van der Waals surface area contributed by atoms with Crippen LogP contribution in [0.5, 0.6) is 5.88 Å². The lowest BCUT2D eigenvalue weighted by Gasteiger charge is -2.12. The summed E-state index contributed by atoms with van der Waals surface area (Å²) in [7, 11) is 2.88. The largest absolute Gasteiger partial charge is 0.481 e. The van der Waals surface area contributed by atoms with E-state index < -0.39 is 5.97 Å². The summed E-state index contributed by atoms with van der Waals surface area (Å²) in [4.78, 5) is 15.4. The van der Waals surface area contributed by atoms with Crippen molar-refractivity contribution in [3.63, 3.8) is 0 Å². The first-order valence-electron chi connectivity index (χ1n) is 6.08. The number of anilines is 1. The molecule has 0 aliphatic carbocycles. The Bertz CT molecular complexity index is 577. The standard InChI is InChI=1S/C14H16N2O4/c1-9(11-5-6-12(20-11)14(17)19-3)16-10-4-7-13(18-2)15-8-10/h4-9,16H,1-3H3. The Morgan fingerprint density at radius 2 is 2.10 bits per heavy atom. The highest BCUT2D eigenvalue weighted by atomic mass is 16.5. The SMILES string of the molecule is COC(=O)c1ccc(C(C)Nc2ccc(OC)nc2)o1. The summed E-state index contributed by atoms with van der Waals surface area (Å²) in [6, 6.07) is 6.83. The molecule has 0 amide bonds. The molecule has 0 spiro atoms. The molecule has 0 radical (unpaired) electrons. The van der Waals surface area contributed by atoms with Crippen LogP contribution in [0, 0.1) is 0 Å². The molecule has 20 heavy (non-hydrogen) atoms. The molecule has 0 fully saturated rings. The van der Waals surface area contributed by atoms with Crippen LogP contribution in [0.2, 0.25) is 0 Å². The molecule has 6 heteroatoms. The number of pyridine rings is 1. The van der Waals surface area contributed by atoms with E-state index in [9.17, 15) is 4.79 Å². The van der Waals surface area contributed by atoms with Gasteiger partial charge in [-0.1, -0.05) is 0 Å². The molecule has 2 aromatic rings. The lowest BCUT2D eigenvalue weighted by Crippen LogP contribution is -2.06. The van der Waals surface area contributed by atoms with Crippen LogP contribution in [0.3, 0.4) is 0 Å². The number of hydrogen-bond donors (Lipinski definition) is 1. The van der Waals surface area contributed by atoms with E-state index in [0.717, 1.165) is 5.69 Å². The zero-order valence-corrected chi connectivity index (χ0v) is 11.5. The minimum Gasteiger partial charge on any atom is -0.481 e. The van der Waals surface area contributed by atoms with E-state index in [1.165, 1.54) is 7.11 Å². The van der Waals surface area contributed by atoms with Gasteiger partial charge in [0.25, 0.3) is 0 Å². The average molecular weight is 276 g/mol. The van der Waals surface area contributed by atoms with Gasteiger partial charge in [-0.3, -0.25) is 0 Å². The number of furan rings is 1. The molecule has 2 aromatic heterocycles. The molecule has 1 unspecified atom stereocenters. The predicted molar refractivity (Wildman–Crippen MR) is 72.9 cm³/mol. The number of carbonyl (C=O) groups excluding carboxylic acids is 1. The number of aromatic nitrogens is 1. The molecule has 2 heterocycles. The molecule has 0 bridgehead atoms. The second kappa shape index (κ2) is 6.10. The third kappa shape index (κ3) is 3.09. The molecule has 1 N–H and O–H groups in total. The maximum atomic E-state index is 11.3. The summed E-state index contributed by atoms with van der Waals surface area (Å²) in [5.41, 5.74) is 0.828. The van der Waals surface area contributed by atoms with Gasteiger partial charge in [-0.15, -0.1) is 0 Å². The molecular weight excluding hydrogens is 260 g/mol. The van der Waals surface area contributed by atoms with E-state index in [1.807, 2.05) is 13.0 Å². The first-order valence-corrected chi connectivity index (χ1v) is 6.08. The fraction of sp³-hybridized carbons (Fsp3) is 0.286. The Morgan fingerprint density at radius 3 is 2.70 bits per heavy atom. The fourth-order valence-electron chi connectivity index (χ4n) is 1.70. The van der Waals surface area contributed by atoms with Gasteiger partial charge in [0, 0.05) is 6.07 Å². The van der Waals surface area contributed by atoms with Crippen molar-refractivity contribution >= 4 is 11.7 Å². The molecule has 6 nitrogen and oxygen atoms in total. The van der Waals surface area contributed by atoms with Crippen LogP contribution in [0.4, 0.5) is 5.69 Å². The summed E-state index contributed by atoms with van der Waals surface area (Å²) < 4.78 is 15.0. The van der Waals surface area contributed by atoms with Crippen LogP contribution in [-0.2, 0) is 4.74 Å². The van der Waals surface area contributed by atoms with Crippen molar-refractivity contribution < 1.29 is 18.7 Å². The minimum absolute atomic E-state index is 0.108. The smallest absolute Gasteiger partial charge is 0.373 e. The van der Waals surface area contributed by atoms with Crippen LogP contribution in [0.25, 0.3) is 0 Å². The summed E-state index contributed by atoms with van der Waals surface area (Å²) in [6.45, 7) is 1.92. The molecule has 0 saturated carbocycles. The Hall–Kier alpha value is -2.50. The first kappa shape index (κ1) is 13.9. The highest BCUT2D eigenvalue weighted by Crippen LogP contribution is 2.22. The number of nitrogens with zero attached hydrogens (tertiary/aromatic N) is 1. The lowest BCUT2D eigenvalue weighted by molar-refractivity contribution is 0.0562. The van der Waals surface area contributed by atoms with Gasteiger partial charge in [0.1, 0.15) is 5.76 Å². The van der Waals surface area contributed by atoms with Crippen LogP contribution >= 0.6 is 0 Å². The van der Waals surface area contributed by atoms with Gasteiger partial charge in [-0.25, -0.2) is 9.78 Å². The summed E-state index contributed by atoms with van der Waals surface area (Å²) in [5.74, 6) is 0.883. The molecule has 0 aliphatic heterocycles. The normalized spacial score (nSPS) is 11.8. The van der Waals surface area contributed by atoms with Crippen molar-refractivity contribution in [1.29, 1.82) is 0 Å². The zero-order valence-electron chi connectivity index (χ0n) is 11.5. The van der Waals surface area contributed by atoms with Crippen molar-refractivity contribution in [2.45, 2.75) is 13.0 Å². The topological polar surface area (TPSA) is 73.6 Å². The van der Waals surface area contributed by atoms with E-state index in [1.54, 1.807) is 31.5 Å². The maximum Gasteiger partial charge on any atom is 0.373 e. The number of esters is 1. The number of ether oxygens (including phenoxy) is 2. The van der Waals surface area contributed by atoms with E-state index in [0.29, 0.717) is 11.6 Å². The molecule has 0 aliphatic rings. The Kier molecular flexibility index (Phi) is 4.24. The van der Waals surface area contributed by atoms with Crippen molar-refractivity contribution in [3.05, 3.63) is 42.0 Å². The van der Waals surface area contributed by atoms with E-state index in [-0.39, 0.29) is 11.8 Å². The van der Waals surface area contributed by atoms with Crippen molar-refractivity contribution in [1.82, 2.24) is 4.98 Å². The third-order valence-electron chi connectivity index (χ3n) is 2.77. The van der Waals surface area contributed by atoms with Gasteiger partial charge < -0.3 is 19.2 Å². The quantitative estimate of drug-likeness (QED) is 0.846. The lowest BCUT2D eigenvalue weighted by atomic mass is 10.2. The van der Waals surface area contributed by atoms with Crippen molar-refractivity contribution in [2.75, 3.05) is 19.5 Å². The van der Waals surface area contributed by atoms with E-state index >= 15 is 0 Å². The van der Waals surface area contributed by atoms with E-state index in [2.05, 4.69) is 15.0 Å². The van der Waals surface area contributed by atoms with Gasteiger partial charge in [-0.05, 0) is 25.1 Å². The number of carbonyl (C=O) groups is 1.